The molecule has 0 aromatic heterocycles. The van der Waals surface area contributed by atoms with Gasteiger partial charge in [0.25, 0.3) is 0 Å². The van der Waals surface area contributed by atoms with E-state index in [0.717, 1.165) is 12.3 Å². The number of aliphatic hydroxyl groups excluding tert-OH is 2. The van der Waals surface area contributed by atoms with Crippen LogP contribution in [0, 0.1) is 34.5 Å². The van der Waals surface area contributed by atoms with Crippen molar-refractivity contribution in [2.45, 2.75) is 58.3 Å². The summed E-state index contributed by atoms with van der Waals surface area (Å²) >= 11 is 0. The van der Waals surface area contributed by atoms with Crippen LogP contribution in [0.15, 0.2) is 11.6 Å². The number of fused-ring (bicyclic) bond motifs is 5. The highest BCUT2D eigenvalue weighted by Crippen LogP contribution is 2.65. The molecule has 4 aliphatic carbocycles. The lowest BCUT2D eigenvalue weighted by Crippen LogP contribution is -2.53. The van der Waals surface area contributed by atoms with Crippen LogP contribution in [-0.2, 0) is 4.79 Å². The van der Waals surface area contributed by atoms with Crippen molar-refractivity contribution in [3.05, 3.63) is 11.6 Å². The highest BCUT2D eigenvalue weighted by atomic mass is 16.3. The molecule has 4 aliphatic rings. The fourth-order valence-electron chi connectivity index (χ4n) is 6.94. The number of hydrogen-bond donors (Lipinski definition) is 2. The first-order valence-electron chi connectivity index (χ1n) is 9.51. The summed E-state index contributed by atoms with van der Waals surface area (Å²) in [5.41, 5.74) is 1.48. The molecule has 128 valence electrons. The number of carbonyl (C=O) groups excluding carboxylic acids is 1. The van der Waals surface area contributed by atoms with Gasteiger partial charge in [0, 0.05) is 11.3 Å². The fraction of sp³-hybridized carbons (Fsp3) is 0.850. The average Bonchev–Trinajstić information content (AvgIpc) is 2.95. The Morgan fingerprint density at radius 2 is 2.00 bits per heavy atom. The minimum Gasteiger partial charge on any atom is -0.396 e. The molecule has 3 heteroatoms. The van der Waals surface area contributed by atoms with Crippen LogP contribution in [-0.4, -0.2) is 29.2 Å². The maximum absolute atomic E-state index is 12.2. The predicted octanol–water partition coefficient (Wildman–Crippen LogP) is 3.10. The first-order chi connectivity index (χ1) is 11.0. The standard InChI is InChI=1S/C20H30O3/c1-19-7-2-3-16(19)15-5-4-14-9-18(23)13(11-21)10-20(14,12-22)17(15)6-8-19/h9,13,15-17,21-22H,2-8,10-12H2,1H3/t13?,15-,16-,17+,19-,20+/m0/s1. The van der Waals surface area contributed by atoms with E-state index in [1.54, 1.807) is 6.08 Å². The lowest BCUT2D eigenvalue weighted by atomic mass is 9.46. The zero-order valence-corrected chi connectivity index (χ0v) is 14.3. The van der Waals surface area contributed by atoms with E-state index in [2.05, 4.69) is 6.92 Å². The Labute approximate surface area is 139 Å². The minimum atomic E-state index is -0.304. The molecule has 1 unspecified atom stereocenters. The predicted molar refractivity (Wildman–Crippen MR) is 88.7 cm³/mol. The zero-order chi connectivity index (χ0) is 16.2. The van der Waals surface area contributed by atoms with Gasteiger partial charge in [-0.2, -0.15) is 0 Å². The molecule has 23 heavy (non-hydrogen) atoms. The van der Waals surface area contributed by atoms with Gasteiger partial charge in [-0.05, 0) is 74.2 Å². The molecular weight excluding hydrogens is 288 g/mol. The van der Waals surface area contributed by atoms with Gasteiger partial charge in [-0.15, -0.1) is 0 Å². The van der Waals surface area contributed by atoms with Gasteiger partial charge in [0.1, 0.15) is 0 Å². The Hall–Kier alpha value is -0.670. The Morgan fingerprint density at radius 3 is 2.74 bits per heavy atom. The Kier molecular flexibility index (Phi) is 3.73. The maximum Gasteiger partial charge on any atom is 0.161 e. The Morgan fingerprint density at radius 1 is 1.17 bits per heavy atom. The molecule has 0 heterocycles. The Balaban J connectivity index is 1.72. The molecule has 2 N–H and O–H groups in total. The third-order valence-electron chi connectivity index (χ3n) is 8.15. The minimum absolute atomic E-state index is 0.0755. The Bertz CT molecular complexity index is 539. The molecule has 0 saturated heterocycles. The monoisotopic (exact) mass is 318 g/mol. The van der Waals surface area contributed by atoms with Crippen LogP contribution in [0.1, 0.15) is 58.3 Å². The largest absolute Gasteiger partial charge is 0.396 e. The van der Waals surface area contributed by atoms with E-state index in [1.807, 2.05) is 0 Å². The van der Waals surface area contributed by atoms with Gasteiger partial charge in [0.2, 0.25) is 0 Å². The van der Waals surface area contributed by atoms with Crippen molar-refractivity contribution in [1.29, 1.82) is 0 Å². The third-order valence-corrected chi connectivity index (χ3v) is 8.15. The summed E-state index contributed by atoms with van der Waals surface area (Å²) in [5, 5.41) is 20.0. The van der Waals surface area contributed by atoms with E-state index in [9.17, 15) is 15.0 Å². The molecule has 0 radical (unpaired) electrons. The van der Waals surface area contributed by atoms with Gasteiger partial charge in [-0.3, -0.25) is 4.79 Å². The van der Waals surface area contributed by atoms with Crippen LogP contribution in [0.2, 0.25) is 0 Å². The molecule has 0 spiro atoms. The van der Waals surface area contributed by atoms with E-state index in [-0.39, 0.29) is 30.3 Å². The third kappa shape index (κ3) is 2.12. The van der Waals surface area contributed by atoms with Gasteiger partial charge in [0.15, 0.2) is 5.78 Å². The van der Waals surface area contributed by atoms with Crippen LogP contribution >= 0.6 is 0 Å². The first-order valence-corrected chi connectivity index (χ1v) is 9.51. The van der Waals surface area contributed by atoms with Crippen molar-refractivity contribution < 1.29 is 15.0 Å². The molecule has 3 fully saturated rings. The van der Waals surface area contributed by atoms with Crippen LogP contribution in [0.5, 0.6) is 0 Å². The molecule has 0 aromatic rings. The number of rotatable bonds is 2. The van der Waals surface area contributed by atoms with Gasteiger partial charge >= 0.3 is 0 Å². The molecule has 6 atom stereocenters. The zero-order valence-electron chi connectivity index (χ0n) is 14.3. The highest BCUT2D eigenvalue weighted by Gasteiger charge is 2.58. The van der Waals surface area contributed by atoms with Crippen molar-refractivity contribution in [3.8, 4) is 0 Å². The SMILES string of the molecule is C[C@@]12CCC[C@H]1[C@@H]1CCC3=CC(=O)C(CO)C[C@]3(CO)[C@@H]1CC2. The summed E-state index contributed by atoms with van der Waals surface area (Å²) in [5.74, 6) is 1.78. The molecule has 3 nitrogen and oxygen atoms in total. The van der Waals surface area contributed by atoms with Crippen LogP contribution < -0.4 is 0 Å². The quantitative estimate of drug-likeness (QED) is 0.822. The van der Waals surface area contributed by atoms with E-state index in [0.29, 0.717) is 23.7 Å². The highest BCUT2D eigenvalue weighted by molar-refractivity contribution is 5.94. The van der Waals surface area contributed by atoms with E-state index >= 15 is 0 Å². The van der Waals surface area contributed by atoms with Crippen molar-refractivity contribution >= 4 is 5.78 Å². The molecule has 0 amide bonds. The van der Waals surface area contributed by atoms with E-state index in [4.69, 9.17) is 0 Å². The van der Waals surface area contributed by atoms with Crippen LogP contribution in [0.25, 0.3) is 0 Å². The molecule has 0 bridgehead atoms. The molecule has 0 aliphatic heterocycles. The molecule has 0 aromatic carbocycles. The average molecular weight is 318 g/mol. The summed E-state index contributed by atoms with van der Waals surface area (Å²) in [6.07, 6.45) is 11.1. The number of hydrogen-bond acceptors (Lipinski definition) is 3. The molecular formula is C20H30O3. The van der Waals surface area contributed by atoms with Crippen molar-refractivity contribution in [3.63, 3.8) is 0 Å². The second-order valence-electron chi connectivity index (χ2n) is 8.97. The normalized spacial score (nSPS) is 49.2. The smallest absolute Gasteiger partial charge is 0.161 e. The van der Waals surface area contributed by atoms with Gasteiger partial charge in [-0.25, -0.2) is 0 Å². The van der Waals surface area contributed by atoms with E-state index < -0.39 is 0 Å². The van der Waals surface area contributed by atoms with Crippen molar-refractivity contribution in [2.75, 3.05) is 13.2 Å². The number of aliphatic hydroxyl groups is 2. The lowest BCUT2D eigenvalue weighted by molar-refractivity contribution is -0.126. The second-order valence-corrected chi connectivity index (χ2v) is 8.97. The summed E-state index contributed by atoms with van der Waals surface area (Å²) < 4.78 is 0. The summed E-state index contributed by atoms with van der Waals surface area (Å²) in [6.45, 7) is 2.55. The van der Waals surface area contributed by atoms with Crippen LogP contribution in [0.4, 0.5) is 0 Å². The topological polar surface area (TPSA) is 57.5 Å². The molecule has 3 saturated carbocycles. The number of ketones is 1. The van der Waals surface area contributed by atoms with E-state index in [1.165, 1.54) is 44.1 Å². The first kappa shape index (κ1) is 15.8. The summed E-state index contributed by atoms with van der Waals surface area (Å²) in [6, 6.07) is 0. The summed E-state index contributed by atoms with van der Waals surface area (Å²) in [4.78, 5) is 12.2. The van der Waals surface area contributed by atoms with Gasteiger partial charge in [0.05, 0.1) is 13.2 Å². The van der Waals surface area contributed by atoms with Crippen molar-refractivity contribution in [1.82, 2.24) is 0 Å². The fourth-order valence-corrected chi connectivity index (χ4v) is 6.94. The summed E-state index contributed by atoms with van der Waals surface area (Å²) in [7, 11) is 0. The van der Waals surface area contributed by atoms with Gasteiger partial charge in [-0.1, -0.05) is 18.9 Å². The maximum atomic E-state index is 12.2. The van der Waals surface area contributed by atoms with Crippen molar-refractivity contribution in [2.24, 2.45) is 34.5 Å². The lowest BCUT2D eigenvalue weighted by Gasteiger charge is -2.58. The van der Waals surface area contributed by atoms with Gasteiger partial charge < -0.3 is 10.2 Å². The second kappa shape index (κ2) is 5.42. The van der Waals surface area contributed by atoms with Crippen LogP contribution in [0.3, 0.4) is 0 Å². The molecule has 4 rings (SSSR count). The number of carbonyl (C=O) groups is 1.